The van der Waals surface area contributed by atoms with Crippen LogP contribution in [0.25, 0.3) is 10.8 Å². The van der Waals surface area contributed by atoms with Crippen LogP contribution >= 0.6 is 15.9 Å². The van der Waals surface area contributed by atoms with Crippen LogP contribution in [-0.2, 0) is 11.2 Å². The molecule has 1 aliphatic heterocycles. The van der Waals surface area contributed by atoms with Gasteiger partial charge < -0.3 is 4.74 Å². The third-order valence-corrected chi connectivity index (χ3v) is 5.10. The van der Waals surface area contributed by atoms with Crippen LogP contribution in [0.15, 0.2) is 65.1 Å². The van der Waals surface area contributed by atoms with Gasteiger partial charge in [-0.25, -0.2) is 0 Å². The summed E-state index contributed by atoms with van der Waals surface area (Å²) in [5.41, 5.74) is 3.75. The third-order valence-electron chi connectivity index (χ3n) is 4.57. The first-order valence-corrected chi connectivity index (χ1v) is 8.77. The minimum Gasteiger partial charge on any atom is -0.363 e. The lowest BCUT2D eigenvalue weighted by molar-refractivity contribution is -0.0664. The molecule has 0 bridgehead atoms. The first kappa shape index (κ1) is 14.9. The highest BCUT2D eigenvalue weighted by Gasteiger charge is 2.34. The van der Waals surface area contributed by atoms with E-state index in [4.69, 9.17) is 4.74 Å². The second-order valence-corrected chi connectivity index (χ2v) is 7.76. The fraction of sp³-hybridized carbons (Fsp3) is 0.238. The van der Waals surface area contributed by atoms with Crippen molar-refractivity contribution in [2.45, 2.75) is 32.0 Å². The average Bonchev–Trinajstić information content (AvgIpc) is 2.54. The molecule has 3 aromatic carbocycles. The van der Waals surface area contributed by atoms with Gasteiger partial charge in [0, 0.05) is 10.9 Å². The van der Waals surface area contributed by atoms with E-state index in [-0.39, 0.29) is 11.7 Å². The SMILES string of the molecule is CC1(C)Cc2c(ccc3ccccc23)C(c2ccc(Br)cc2)O1. The lowest BCUT2D eigenvalue weighted by atomic mass is 9.83. The fourth-order valence-corrected chi connectivity index (χ4v) is 3.80. The van der Waals surface area contributed by atoms with E-state index in [0.29, 0.717) is 0 Å². The summed E-state index contributed by atoms with van der Waals surface area (Å²) in [5, 5.41) is 2.65. The van der Waals surface area contributed by atoms with E-state index >= 15 is 0 Å². The number of hydrogen-bond donors (Lipinski definition) is 0. The summed E-state index contributed by atoms with van der Waals surface area (Å²) in [4.78, 5) is 0. The van der Waals surface area contributed by atoms with Gasteiger partial charge in [0.15, 0.2) is 0 Å². The highest BCUT2D eigenvalue weighted by Crippen LogP contribution is 2.42. The third kappa shape index (κ3) is 2.71. The molecule has 2 heteroatoms. The molecule has 1 aliphatic rings. The van der Waals surface area contributed by atoms with E-state index in [2.05, 4.69) is 90.4 Å². The first-order valence-electron chi connectivity index (χ1n) is 7.97. The molecule has 0 saturated heterocycles. The molecule has 1 atom stereocenters. The zero-order valence-corrected chi connectivity index (χ0v) is 14.9. The molecule has 0 amide bonds. The van der Waals surface area contributed by atoms with Crippen molar-refractivity contribution in [2.24, 2.45) is 0 Å². The van der Waals surface area contributed by atoms with E-state index in [9.17, 15) is 0 Å². The van der Waals surface area contributed by atoms with E-state index in [1.54, 1.807) is 0 Å². The molecule has 0 spiro atoms. The smallest absolute Gasteiger partial charge is 0.109 e. The zero-order chi connectivity index (χ0) is 16.0. The molecule has 1 nitrogen and oxygen atoms in total. The molecule has 0 aromatic heterocycles. The van der Waals surface area contributed by atoms with Gasteiger partial charge in [-0.05, 0) is 53.4 Å². The molecule has 116 valence electrons. The molecule has 0 N–H and O–H groups in total. The molecule has 1 heterocycles. The molecule has 4 rings (SSSR count). The lowest BCUT2D eigenvalue weighted by Gasteiger charge is -2.38. The summed E-state index contributed by atoms with van der Waals surface area (Å²) in [5.74, 6) is 0. The maximum Gasteiger partial charge on any atom is 0.109 e. The minimum atomic E-state index is -0.172. The van der Waals surface area contributed by atoms with Crippen molar-refractivity contribution >= 4 is 26.7 Å². The lowest BCUT2D eigenvalue weighted by Crippen LogP contribution is -2.35. The Kier molecular flexibility index (Phi) is 3.55. The topological polar surface area (TPSA) is 9.23 Å². The zero-order valence-electron chi connectivity index (χ0n) is 13.3. The molecule has 1 unspecified atom stereocenters. The Morgan fingerprint density at radius 2 is 1.70 bits per heavy atom. The van der Waals surface area contributed by atoms with Crippen LogP contribution in [0.5, 0.6) is 0 Å². The van der Waals surface area contributed by atoms with Crippen molar-refractivity contribution < 1.29 is 4.74 Å². The first-order chi connectivity index (χ1) is 11.0. The van der Waals surface area contributed by atoms with Gasteiger partial charge in [-0.1, -0.05) is 64.5 Å². The van der Waals surface area contributed by atoms with Crippen LogP contribution in [0.1, 0.15) is 36.6 Å². The van der Waals surface area contributed by atoms with Gasteiger partial charge >= 0.3 is 0 Å². The summed E-state index contributed by atoms with van der Waals surface area (Å²) in [6.45, 7) is 4.37. The highest BCUT2D eigenvalue weighted by molar-refractivity contribution is 9.10. The fourth-order valence-electron chi connectivity index (χ4n) is 3.53. The monoisotopic (exact) mass is 366 g/mol. The van der Waals surface area contributed by atoms with Crippen LogP contribution in [0, 0.1) is 0 Å². The van der Waals surface area contributed by atoms with Gasteiger partial charge in [-0.2, -0.15) is 0 Å². The number of halogens is 1. The maximum absolute atomic E-state index is 6.46. The average molecular weight is 367 g/mol. The van der Waals surface area contributed by atoms with Gasteiger partial charge in [0.1, 0.15) is 6.10 Å². The molecule has 0 fully saturated rings. The molecule has 0 radical (unpaired) electrons. The Hall–Kier alpha value is -1.64. The second-order valence-electron chi connectivity index (χ2n) is 6.84. The van der Waals surface area contributed by atoms with Crippen LogP contribution in [0.4, 0.5) is 0 Å². The largest absolute Gasteiger partial charge is 0.363 e. The van der Waals surface area contributed by atoms with Gasteiger partial charge in [0.25, 0.3) is 0 Å². The standard InChI is InChI=1S/C21H19BrO/c1-21(2)13-19-17-6-4-3-5-14(17)9-12-18(19)20(23-21)15-7-10-16(22)11-8-15/h3-12,20H,13H2,1-2H3. The Labute approximate surface area is 145 Å². The van der Waals surface area contributed by atoms with Crippen molar-refractivity contribution in [3.8, 4) is 0 Å². The number of benzene rings is 3. The molecule has 23 heavy (non-hydrogen) atoms. The van der Waals surface area contributed by atoms with E-state index < -0.39 is 0 Å². The van der Waals surface area contributed by atoms with Crippen LogP contribution < -0.4 is 0 Å². The maximum atomic E-state index is 6.46. The van der Waals surface area contributed by atoms with Crippen molar-refractivity contribution in [1.29, 1.82) is 0 Å². The van der Waals surface area contributed by atoms with Crippen LogP contribution in [0.3, 0.4) is 0 Å². The summed E-state index contributed by atoms with van der Waals surface area (Å²) in [6, 6.07) is 21.6. The molecule has 0 saturated carbocycles. The summed E-state index contributed by atoms with van der Waals surface area (Å²) < 4.78 is 7.55. The molecule has 3 aromatic rings. The van der Waals surface area contributed by atoms with Crippen molar-refractivity contribution in [1.82, 2.24) is 0 Å². The minimum absolute atomic E-state index is 0.00791. The molecule has 0 aliphatic carbocycles. The normalized spacial score (nSPS) is 19.5. The predicted octanol–water partition coefficient (Wildman–Crippen LogP) is 6.04. The van der Waals surface area contributed by atoms with Crippen molar-refractivity contribution in [3.63, 3.8) is 0 Å². The van der Waals surface area contributed by atoms with Gasteiger partial charge in [-0.15, -0.1) is 0 Å². The number of rotatable bonds is 1. The highest BCUT2D eigenvalue weighted by atomic mass is 79.9. The molecular weight excluding hydrogens is 348 g/mol. The van der Waals surface area contributed by atoms with Crippen molar-refractivity contribution in [3.05, 3.63) is 81.8 Å². The van der Waals surface area contributed by atoms with Crippen LogP contribution in [-0.4, -0.2) is 5.60 Å². The number of hydrogen-bond acceptors (Lipinski definition) is 1. The van der Waals surface area contributed by atoms with Crippen molar-refractivity contribution in [2.75, 3.05) is 0 Å². The van der Waals surface area contributed by atoms with Crippen LogP contribution in [0.2, 0.25) is 0 Å². The summed E-state index contributed by atoms with van der Waals surface area (Å²) in [6.07, 6.45) is 0.933. The van der Waals surface area contributed by atoms with E-state index in [1.807, 2.05) is 0 Å². The predicted molar refractivity (Wildman–Crippen MR) is 98.8 cm³/mol. The quantitative estimate of drug-likeness (QED) is 0.509. The van der Waals surface area contributed by atoms with Gasteiger partial charge in [-0.3, -0.25) is 0 Å². The Morgan fingerprint density at radius 1 is 0.957 bits per heavy atom. The summed E-state index contributed by atoms with van der Waals surface area (Å²) in [7, 11) is 0. The van der Waals surface area contributed by atoms with E-state index in [1.165, 1.54) is 27.5 Å². The Bertz CT molecular complexity index is 865. The summed E-state index contributed by atoms with van der Waals surface area (Å²) >= 11 is 3.52. The van der Waals surface area contributed by atoms with Gasteiger partial charge in [0.05, 0.1) is 5.60 Å². The van der Waals surface area contributed by atoms with E-state index in [0.717, 1.165) is 10.9 Å². The number of ether oxygens (including phenoxy) is 1. The van der Waals surface area contributed by atoms with Gasteiger partial charge in [0.2, 0.25) is 0 Å². The number of fused-ring (bicyclic) bond motifs is 3. The molecular formula is C21H19BrO. The Morgan fingerprint density at radius 3 is 2.48 bits per heavy atom. The second kappa shape index (κ2) is 5.47. The Balaban J connectivity index is 1.93.